The molecule has 0 spiro atoms. The Hall–Kier alpha value is -4.72. The third kappa shape index (κ3) is 5.45. The fourth-order valence-electron chi connectivity index (χ4n) is 2.72. The maximum atomic E-state index is 12.2. The molecule has 4 aromatic rings. The number of benzene rings is 4. The topological polar surface area (TPSA) is 102 Å². The van der Waals surface area contributed by atoms with Crippen molar-refractivity contribution in [1.82, 2.24) is 0 Å². The summed E-state index contributed by atoms with van der Waals surface area (Å²) in [5.74, 6) is 0. The van der Waals surface area contributed by atoms with Gasteiger partial charge in [-0.05, 0) is 48.5 Å². The molecule has 8 heteroatoms. The Morgan fingerprint density at radius 2 is 0.750 bits per heavy atom. The van der Waals surface area contributed by atoms with E-state index in [2.05, 4.69) is 20.5 Å². The van der Waals surface area contributed by atoms with Crippen molar-refractivity contribution in [1.29, 1.82) is 0 Å². The smallest absolute Gasteiger partial charge is 0.245 e. The second kappa shape index (κ2) is 9.86. The van der Waals surface area contributed by atoms with Crippen molar-refractivity contribution in [3.63, 3.8) is 0 Å². The van der Waals surface area contributed by atoms with Crippen LogP contribution in [0.2, 0.25) is 0 Å². The highest BCUT2D eigenvalue weighted by molar-refractivity contribution is 5.47. The summed E-state index contributed by atoms with van der Waals surface area (Å²) < 4.78 is 0. The first-order valence-corrected chi connectivity index (χ1v) is 9.77. The van der Waals surface area contributed by atoms with Gasteiger partial charge in [0.2, 0.25) is 11.4 Å². The van der Waals surface area contributed by atoms with E-state index in [0.717, 1.165) is 0 Å². The molecule has 4 aromatic carbocycles. The summed E-state index contributed by atoms with van der Waals surface area (Å²) in [7, 11) is 0. The zero-order valence-electron chi connectivity index (χ0n) is 16.9. The normalized spacial score (nSPS) is 12.2. The van der Waals surface area contributed by atoms with Gasteiger partial charge in [0, 0.05) is 34.5 Å². The number of hydrogen-bond acceptors (Lipinski definition) is 6. The zero-order valence-corrected chi connectivity index (χ0v) is 16.9. The van der Waals surface area contributed by atoms with Crippen molar-refractivity contribution < 1.29 is 9.72 Å². The maximum absolute atomic E-state index is 12.2. The van der Waals surface area contributed by atoms with E-state index in [1.165, 1.54) is 0 Å². The lowest BCUT2D eigenvalue weighted by molar-refractivity contribution is -0.435. The predicted molar refractivity (Wildman–Crippen MR) is 121 cm³/mol. The molecule has 8 nitrogen and oxygen atoms in total. The van der Waals surface area contributed by atoms with Crippen LogP contribution in [0, 0.1) is 10.4 Å². The van der Waals surface area contributed by atoms with E-state index in [4.69, 9.17) is 0 Å². The van der Waals surface area contributed by atoms with Crippen LogP contribution >= 0.6 is 0 Å². The highest BCUT2D eigenvalue weighted by Gasteiger charge is 2.05. The monoisotopic (exact) mass is 422 g/mol. The van der Waals surface area contributed by atoms with Crippen LogP contribution < -0.4 is 0 Å². The Labute approximate surface area is 184 Å². The van der Waals surface area contributed by atoms with Gasteiger partial charge in [0.1, 0.15) is 11.4 Å². The highest BCUT2D eigenvalue weighted by Crippen LogP contribution is 2.25. The number of hydrogen-bond donors (Lipinski definition) is 0. The third-order valence-corrected chi connectivity index (χ3v) is 4.35. The van der Waals surface area contributed by atoms with Crippen LogP contribution in [0.1, 0.15) is 0 Å². The highest BCUT2D eigenvalue weighted by atomic mass is 16.5. The molecule has 0 aromatic heterocycles. The molecule has 156 valence electrons. The molecule has 0 N–H and O–H groups in total. The fourth-order valence-corrected chi connectivity index (χ4v) is 2.72. The van der Waals surface area contributed by atoms with Crippen molar-refractivity contribution in [3.05, 3.63) is 120 Å². The van der Waals surface area contributed by atoms with E-state index >= 15 is 0 Å². The summed E-state index contributed by atoms with van der Waals surface area (Å²) in [5.41, 5.74) is 3.07. The van der Waals surface area contributed by atoms with E-state index in [0.29, 0.717) is 43.8 Å². The third-order valence-electron chi connectivity index (χ3n) is 4.35. The molecule has 0 atom stereocenters. The quantitative estimate of drug-likeness (QED) is 0.179. The lowest BCUT2D eigenvalue weighted by atomic mass is 10.3. The van der Waals surface area contributed by atoms with Gasteiger partial charge < -0.3 is 10.4 Å². The minimum absolute atomic E-state index is 0.384. The first kappa shape index (κ1) is 20.5. The predicted octanol–water partition coefficient (Wildman–Crippen LogP) is 7.95. The van der Waals surface area contributed by atoms with Crippen molar-refractivity contribution in [2.75, 3.05) is 0 Å². The molecule has 0 fully saturated rings. The van der Waals surface area contributed by atoms with Crippen molar-refractivity contribution >= 4 is 34.1 Å². The average molecular weight is 422 g/mol. The second-order valence-electron chi connectivity index (χ2n) is 6.65. The first-order valence-electron chi connectivity index (χ1n) is 9.77. The molecule has 0 saturated carbocycles. The summed E-state index contributed by atoms with van der Waals surface area (Å²) in [6.07, 6.45) is 0. The van der Waals surface area contributed by atoms with Crippen LogP contribution in [0.4, 0.5) is 34.1 Å². The van der Waals surface area contributed by atoms with Crippen molar-refractivity contribution in [2.24, 2.45) is 20.5 Å². The van der Waals surface area contributed by atoms with Gasteiger partial charge in [0.25, 0.3) is 0 Å². The molecule has 0 heterocycles. The number of azo groups is 3. The summed E-state index contributed by atoms with van der Waals surface area (Å²) in [6, 6.07) is 31.2. The largest absolute Gasteiger partial charge is 0.594 e. The SMILES string of the molecule is [O-][N+](=Nc1ccccc1)c1ccc(N=Nc2ccc([N+]([O-])=Nc3ccccc3)cc2)cc1. The summed E-state index contributed by atoms with van der Waals surface area (Å²) >= 11 is 0. The van der Waals surface area contributed by atoms with Gasteiger partial charge in [-0.25, -0.2) is 0 Å². The number of rotatable bonds is 6. The van der Waals surface area contributed by atoms with E-state index in [-0.39, 0.29) is 0 Å². The molecule has 0 aliphatic heterocycles. The van der Waals surface area contributed by atoms with Crippen molar-refractivity contribution in [3.8, 4) is 0 Å². The summed E-state index contributed by atoms with van der Waals surface area (Å²) in [5, 5.41) is 40.6. The molecule has 0 radical (unpaired) electrons. The second-order valence-corrected chi connectivity index (χ2v) is 6.65. The van der Waals surface area contributed by atoms with E-state index in [1.54, 1.807) is 72.8 Å². The van der Waals surface area contributed by atoms with Crippen LogP contribution in [0.25, 0.3) is 0 Å². The fraction of sp³-hybridized carbons (Fsp3) is 0. The minimum atomic E-state index is 0.384. The van der Waals surface area contributed by atoms with Crippen LogP contribution in [0.3, 0.4) is 0 Å². The molecular weight excluding hydrogens is 404 g/mol. The molecule has 32 heavy (non-hydrogen) atoms. The molecule has 0 saturated heterocycles. The van der Waals surface area contributed by atoms with Gasteiger partial charge in [0.15, 0.2) is 0 Å². The summed E-state index contributed by atoms with van der Waals surface area (Å²) in [4.78, 5) is 1.12. The first-order chi connectivity index (χ1) is 15.7. The molecule has 0 amide bonds. The number of nitrogens with zero attached hydrogens (tertiary/aromatic N) is 6. The van der Waals surface area contributed by atoms with Gasteiger partial charge in [0.05, 0.1) is 11.4 Å². The Balaban J connectivity index is 1.42. The molecular formula is C24H18N6O2. The standard InChI is InChI=1S/C24H18N6O2/c31-29(27-21-7-3-1-4-8-21)23-15-11-19(12-16-23)25-26-20-13-17-24(18-14-20)30(32)28-22-9-5-2-6-10-22/h1-18H. The van der Waals surface area contributed by atoms with Gasteiger partial charge in [-0.3, -0.25) is 0 Å². The lowest BCUT2D eigenvalue weighted by Gasteiger charge is -2.01. The zero-order chi connectivity index (χ0) is 22.2. The average Bonchev–Trinajstić information content (AvgIpc) is 2.84. The minimum Gasteiger partial charge on any atom is -0.594 e. The molecule has 4 rings (SSSR count). The molecule has 0 bridgehead atoms. The van der Waals surface area contributed by atoms with Crippen LogP contribution in [0.5, 0.6) is 0 Å². The summed E-state index contributed by atoms with van der Waals surface area (Å²) in [6.45, 7) is 0. The Morgan fingerprint density at radius 1 is 0.406 bits per heavy atom. The van der Waals surface area contributed by atoms with Crippen molar-refractivity contribution in [2.45, 2.75) is 0 Å². The van der Waals surface area contributed by atoms with E-state index < -0.39 is 0 Å². The van der Waals surface area contributed by atoms with Crippen LogP contribution in [-0.4, -0.2) is 9.72 Å². The van der Waals surface area contributed by atoms with E-state index in [1.807, 2.05) is 36.4 Å². The van der Waals surface area contributed by atoms with Gasteiger partial charge in [-0.1, -0.05) is 46.1 Å². The van der Waals surface area contributed by atoms with Gasteiger partial charge >= 0.3 is 0 Å². The Morgan fingerprint density at radius 3 is 1.09 bits per heavy atom. The Bertz CT molecular complexity index is 1150. The van der Waals surface area contributed by atoms with Crippen LogP contribution in [0.15, 0.2) is 130 Å². The van der Waals surface area contributed by atoms with E-state index in [9.17, 15) is 10.4 Å². The molecule has 0 aliphatic rings. The lowest BCUT2D eigenvalue weighted by Crippen LogP contribution is -1.89. The Kier molecular flexibility index (Phi) is 6.33. The van der Waals surface area contributed by atoms with Gasteiger partial charge in [-0.15, -0.1) is 0 Å². The molecule has 0 unspecified atom stereocenters. The maximum Gasteiger partial charge on any atom is 0.245 e. The van der Waals surface area contributed by atoms with Crippen LogP contribution in [-0.2, 0) is 0 Å². The van der Waals surface area contributed by atoms with Gasteiger partial charge in [-0.2, -0.15) is 10.2 Å². The molecule has 0 aliphatic carbocycles.